The van der Waals surface area contributed by atoms with Crippen molar-refractivity contribution in [2.24, 2.45) is 0 Å². The molecule has 36 heavy (non-hydrogen) atoms. The zero-order chi connectivity index (χ0) is 23.9. The van der Waals surface area contributed by atoms with Crippen molar-refractivity contribution in [3.05, 3.63) is 140 Å². The molecule has 0 aliphatic heterocycles. The molecule has 170 valence electrons. The van der Waals surface area contributed by atoms with E-state index in [1.165, 1.54) is 16.5 Å². The summed E-state index contributed by atoms with van der Waals surface area (Å²) in [7, 11) is 0. The molecule has 0 N–H and O–H groups in total. The zero-order valence-electron chi connectivity index (χ0n) is 19.6. The van der Waals surface area contributed by atoms with Gasteiger partial charge in [0.1, 0.15) is 11.2 Å². The van der Waals surface area contributed by atoms with Gasteiger partial charge in [0.15, 0.2) is 0 Å². The average molecular weight is 462 g/mol. The third kappa shape index (κ3) is 3.27. The summed E-state index contributed by atoms with van der Waals surface area (Å²) in [5.74, 6) is 0. The SMILES string of the molecule is c1ccc(-c2cc3c(oc4cccc(N(c5ccccc5)c5ccccc5)c43)c3ccccc23)cc1. The maximum atomic E-state index is 6.59. The van der Waals surface area contributed by atoms with Crippen LogP contribution in [-0.2, 0) is 0 Å². The van der Waals surface area contributed by atoms with E-state index < -0.39 is 0 Å². The fourth-order valence-corrected chi connectivity index (χ4v) is 5.25. The summed E-state index contributed by atoms with van der Waals surface area (Å²) in [5, 5.41) is 4.56. The smallest absolute Gasteiger partial charge is 0.143 e. The van der Waals surface area contributed by atoms with Gasteiger partial charge in [-0.3, -0.25) is 0 Å². The minimum atomic E-state index is 0.884. The Morgan fingerprint density at radius 1 is 0.472 bits per heavy atom. The topological polar surface area (TPSA) is 16.4 Å². The summed E-state index contributed by atoms with van der Waals surface area (Å²) in [4.78, 5) is 2.31. The fourth-order valence-electron chi connectivity index (χ4n) is 5.25. The molecule has 0 spiro atoms. The molecule has 1 heterocycles. The Labute approximate surface area is 209 Å². The third-order valence-electron chi connectivity index (χ3n) is 6.84. The van der Waals surface area contributed by atoms with E-state index in [2.05, 4.69) is 144 Å². The summed E-state index contributed by atoms with van der Waals surface area (Å²) in [5.41, 5.74) is 7.53. The normalized spacial score (nSPS) is 11.3. The molecule has 0 fully saturated rings. The highest BCUT2D eigenvalue weighted by molar-refractivity contribution is 6.22. The average Bonchev–Trinajstić information content (AvgIpc) is 3.34. The van der Waals surface area contributed by atoms with Crippen LogP contribution >= 0.6 is 0 Å². The molecule has 0 aliphatic rings. The van der Waals surface area contributed by atoms with Crippen LogP contribution in [0.15, 0.2) is 144 Å². The largest absolute Gasteiger partial charge is 0.455 e. The molecule has 2 heteroatoms. The third-order valence-corrected chi connectivity index (χ3v) is 6.84. The summed E-state index contributed by atoms with van der Waals surface area (Å²) >= 11 is 0. The standard InChI is InChI=1S/C34H23NO/c1-4-13-24(14-5-1)29-23-30-33-31(35(25-15-6-2-7-16-25)26-17-8-3-9-18-26)21-12-22-32(33)36-34(30)28-20-11-10-19-27(28)29/h1-23H. The maximum absolute atomic E-state index is 6.59. The molecule has 0 saturated carbocycles. The molecular weight excluding hydrogens is 438 g/mol. The second-order valence-corrected chi connectivity index (χ2v) is 8.97. The van der Waals surface area contributed by atoms with Gasteiger partial charge in [0.2, 0.25) is 0 Å². The number of fused-ring (bicyclic) bond motifs is 5. The lowest BCUT2D eigenvalue weighted by Crippen LogP contribution is -2.09. The maximum Gasteiger partial charge on any atom is 0.143 e. The quantitative estimate of drug-likeness (QED) is 0.259. The Kier molecular flexibility index (Phi) is 4.82. The number of furan rings is 1. The van der Waals surface area contributed by atoms with Crippen LogP contribution in [0.3, 0.4) is 0 Å². The van der Waals surface area contributed by atoms with E-state index >= 15 is 0 Å². The molecule has 0 amide bonds. The number of benzene rings is 6. The van der Waals surface area contributed by atoms with Gasteiger partial charge in [-0.2, -0.15) is 0 Å². The van der Waals surface area contributed by atoms with Gasteiger partial charge >= 0.3 is 0 Å². The van der Waals surface area contributed by atoms with Crippen LogP contribution in [0, 0.1) is 0 Å². The molecule has 0 saturated heterocycles. The number of para-hydroxylation sites is 2. The van der Waals surface area contributed by atoms with Gasteiger partial charge in [-0.15, -0.1) is 0 Å². The minimum Gasteiger partial charge on any atom is -0.455 e. The Morgan fingerprint density at radius 2 is 1.06 bits per heavy atom. The Hall–Kier alpha value is -4.82. The first-order valence-electron chi connectivity index (χ1n) is 12.2. The van der Waals surface area contributed by atoms with E-state index in [1.807, 2.05) is 0 Å². The number of hydrogen-bond donors (Lipinski definition) is 0. The van der Waals surface area contributed by atoms with Crippen LogP contribution < -0.4 is 4.90 Å². The van der Waals surface area contributed by atoms with E-state index in [0.717, 1.165) is 44.4 Å². The number of hydrogen-bond acceptors (Lipinski definition) is 2. The van der Waals surface area contributed by atoms with Crippen molar-refractivity contribution >= 4 is 49.8 Å². The molecule has 7 aromatic rings. The van der Waals surface area contributed by atoms with Crippen molar-refractivity contribution in [2.75, 3.05) is 4.90 Å². The van der Waals surface area contributed by atoms with E-state index in [9.17, 15) is 0 Å². The number of nitrogens with zero attached hydrogens (tertiary/aromatic N) is 1. The zero-order valence-corrected chi connectivity index (χ0v) is 19.6. The van der Waals surface area contributed by atoms with E-state index in [0.29, 0.717) is 0 Å². The monoisotopic (exact) mass is 461 g/mol. The number of rotatable bonds is 4. The first-order chi connectivity index (χ1) is 17.9. The van der Waals surface area contributed by atoms with Crippen molar-refractivity contribution in [3.8, 4) is 11.1 Å². The van der Waals surface area contributed by atoms with E-state index in [1.54, 1.807) is 0 Å². The fraction of sp³-hybridized carbons (Fsp3) is 0. The van der Waals surface area contributed by atoms with Crippen molar-refractivity contribution in [1.82, 2.24) is 0 Å². The molecule has 0 bridgehead atoms. The molecule has 6 aromatic carbocycles. The molecule has 0 unspecified atom stereocenters. The van der Waals surface area contributed by atoms with Gasteiger partial charge in [-0.25, -0.2) is 0 Å². The van der Waals surface area contributed by atoms with Crippen LogP contribution in [0.1, 0.15) is 0 Å². The van der Waals surface area contributed by atoms with Gasteiger partial charge < -0.3 is 9.32 Å². The van der Waals surface area contributed by atoms with Crippen molar-refractivity contribution in [3.63, 3.8) is 0 Å². The lowest BCUT2D eigenvalue weighted by Gasteiger charge is -2.26. The Balaban J connectivity index is 1.60. The Bertz CT molecular complexity index is 1780. The molecule has 2 nitrogen and oxygen atoms in total. The van der Waals surface area contributed by atoms with Crippen LogP contribution in [0.25, 0.3) is 43.8 Å². The first kappa shape index (κ1) is 20.5. The minimum absolute atomic E-state index is 0.884. The summed E-state index contributed by atoms with van der Waals surface area (Å²) in [6.45, 7) is 0. The highest BCUT2D eigenvalue weighted by Crippen LogP contribution is 2.45. The van der Waals surface area contributed by atoms with Crippen LogP contribution in [0.4, 0.5) is 17.1 Å². The van der Waals surface area contributed by atoms with E-state index in [-0.39, 0.29) is 0 Å². The van der Waals surface area contributed by atoms with Crippen molar-refractivity contribution in [1.29, 1.82) is 0 Å². The van der Waals surface area contributed by atoms with Gasteiger partial charge in [0.25, 0.3) is 0 Å². The van der Waals surface area contributed by atoms with Crippen LogP contribution in [0.2, 0.25) is 0 Å². The second-order valence-electron chi connectivity index (χ2n) is 8.97. The van der Waals surface area contributed by atoms with Gasteiger partial charge in [0.05, 0.1) is 11.1 Å². The molecule has 0 aliphatic carbocycles. The number of anilines is 3. The predicted octanol–water partition coefficient (Wildman–Crippen LogP) is 9.88. The lowest BCUT2D eigenvalue weighted by molar-refractivity contribution is 0.672. The first-order valence-corrected chi connectivity index (χ1v) is 12.2. The van der Waals surface area contributed by atoms with Crippen LogP contribution in [0.5, 0.6) is 0 Å². The van der Waals surface area contributed by atoms with Gasteiger partial charge in [-0.05, 0) is 59.0 Å². The molecular formula is C34H23NO. The molecule has 0 radical (unpaired) electrons. The van der Waals surface area contributed by atoms with Crippen LogP contribution in [-0.4, -0.2) is 0 Å². The van der Waals surface area contributed by atoms with Gasteiger partial charge in [0, 0.05) is 22.1 Å². The van der Waals surface area contributed by atoms with Gasteiger partial charge in [-0.1, -0.05) is 97.1 Å². The highest BCUT2D eigenvalue weighted by Gasteiger charge is 2.21. The van der Waals surface area contributed by atoms with E-state index in [4.69, 9.17) is 4.42 Å². The summed E-state index contributed by atoms with van der Waals surface area (Å²) in [6.07, 6.45) is 0. The van der Waals surface area contributed by atoms with Crippen molar-refractivity contribution in [2.45, 2.75) is 0 Å². The predicted molar refractivity (Wildman–Crippen MR) is 151 cm³/mol. The lowest BCUT2D eigenvalue weighted by atomic mass is 9.95. The summed E-state index contributed by atoms with van der Waals surface area (Å²) in [6, 6.07) is 48.8. The molecule has 7 rings (SSSR count). The Morgan fingerprint density at radius 3 is 1.72 bits per heavy atom. The summed E-state index contributed by atoms with van der Waals surface area (Å²) < 4.78 is 6.59. The molecule has 0 atom stereocenters. The second kappa shape index (κ2) is 8.44. The highest BCUT2D eigenvalue weighted by atomic mass is 16.3. The molecule has 1 aromatic heterocycles. The van der Waals surface area contributed by atoms with Crippen molar-refractivity contribution < 1.29 is 4.42 Å².